The first-order valence-electron chi connectivity index (χ1n) is 23.0. The summed E-state index contributed by atoms with van der Waals surface area (Å²) in [7, 11) is 0. The highest BCUT2D eigenvalue weighted by Gasteiger charge is 2.47. The fraction of sp³-hybridized carbons (Fsp3) is 0.936. The van der Waals surface area contributed by atoms with E-state index in [2.05, 4.69) is 48.1 Å². The van der Waals surface area contributed by atoms with Gasteiger partial charge in [0.2, 0.25) is 0 Å². The minimum absolute atomic E-state index is 0.160. The number of rotatable bonds is 40. The molecule has 0 spiro atoms. The Morgan fingerprint density at radius 1 is 0.500 bits per heavy atom. The zero-order valence-electron chi connectivity index (χ0n) is 35.6. The molecule has 0 fully saturated rings. The molecule has 3 nitrogen and oxygen atoms in total. The van der Waals surface area contributed by atoms with Gasteiger partial charge in [0.25, 0.3) is 0 Å². The van der Waals surface area contributed by atoms with E-state index in [1.54, 1.807) is 0 Å². The Bertz CT molecular complexity index is 680. The van der Waals surface area contributed by atoms with Crippen LogP contribution in [0.3, 0.4) is 0 Å². The fourth-order valence-corrected chi connectivity index (χ4v) is 8.61. The van der Waals surface area contributed by atoms with Gasteiger partial charge >= 0.3 is 5.97 Å². The number of quaternary nitrogens is 1. The Labute approximate surface area is 316 Å². The summed E-state index contributed by atoms with van der Waals surface area (Å²) >= 11 is 0. The van der Waals surface area contributed by atoms with E-state index in [1.807, 2.05) is 0 Å². The van der Waals surface area contributed by atoms with Gasteiger partial charge in [-0.1, -0.05) is 188 Å². The molecule has 0 saturated carbocycles. The van der Waals surface area contributed by atoms with Crippen LogP contribution < -0.4 is 0 Å². The van der Waals surface area contributed by atoms with Crippen LogP contribution in [0.2, 0.25) is 0 Å². The van der Waals surface area contributed by atoms with Gasteiger partial charge in [-0.25, -0.2) is 4.79 Å². The maximum absolute atomic E-state index is 12.1. The molecule has 0 amide bonds. The molecule has 3 heteroatoms. The Balaban J connectivity index is 6.02. The van der Waals surface area contributed by atoms with Crippen molar-refractivity contribution in [1.82, 2.24) is 0 Å². The van der Waals surface area contributed by atoms with E-state index in [4.69, 9.17) is 4.74 Å². The van der Waals surface area contributed by atoms with Crippen LogP contribution in [0.25, 0.3) is 0 Å². The number of hydrogen-bond acceptors (Lipinski definition) is 2. The highest BCUT2D eigenvalue weighted by Crippen LogP contribution is 2.39. The van der Waals surface area contributed by atoms with Gasteiger partial charge < -0.3 is 9.22 Å². The van der Waals surface area contributed by atoms with Crippen LogP contribution in [-0.4, -0.2) is 42.2 Å². The third-order valence-corrected chi connectivity index (χ3v) is 12.3. The second-order valence-corrected chi connectivity index (χ2v) is 16.8. The average Bonchev–Trinajstić information content (AvgIpc) is 3.11. The van der Waals surface area contributed by atoms with Gasteiger partial charge in [0.05, 0.1) is 31.8 Å². The summed E-state index contributed by atoms with van der Waals surface area (Å²) in [4.78, 5) is 12.1. The second-order valence-electron chi connectivity index (χ2n) is 16.8. The van der Waals surface area contributed by atoms with Gasteiger partial charge in [-0.15, -0.1) is 0 Å². The summed E-state index contributed by atoms with van der Waals surface area (Å²) in [5, 5.41) is 0. The molecule has 0 rings (SSSR count). The SMILES string of the molecule is C=CC(=O)OCCC(CCCCCCCC)C(C)(C)[N+](CCCCCCCCCC)(CCCCCCCCCC)CCCCCCCCCC. The number of carbonyl (C=O) groups is 1. The van der Waals surface area contributed by atoms with Gasteiger partial charge in [-0.2, -0.15) is 0 Å². The Morgan fingerprint density at radius 2 is 0.800 bits per heavy atom. The molecule has 0 N–H and O–H groups in total. The van der Waals surface area contributed by atoms with E-state index >= 15 is 0 Å². The first kappa shape index (κ1) is 49.2. The first-order chi connectivity index (χ1) is 24.3. The van der Waals surface area contributed by atoms with Crippen molar-refractivity contribution in [3.05, 3.63) is 12.7 Å². The molecule has 1 atom stereocenters. The molecular weight excluding hydrogens is 611 g/mol. The topological polar surface area (TPSA) is 26.3 Å². The van der Waals surface area contributed by atoms with Crippen molar-refractivity contribution in [3.63, 3.8) is 0 Å². The van der Waals surface area contributed by atoms with Gasteiger partial charge in [-0.05, 0) is 65.2 Å². The van der Waals surface area contributed by atoms with Crippen LogP contribution >= 0.6 is 0 Å². The van der Waals surface area contributed by atoms with Crippen LogP contribution in [0.1, 0.15) is 247 Å². The minimum atomic E-state index is -0.265. The van der Waals surface area contributed by atoms with Crippen molar-refractivity contribution in [2.75, 3.05) is 26.2 Å². The normalized spacial score (nSPS) is 12.8. The molecule has 0 bridgehead atoms. The Hall–Kier alpha value is -0.830. The number of nitrogens with zero attached hydrogens (tertiary/aromatic N) is 1. The van der Waals surface area contributed by atoms with Crippen molar-refractivity contribution in [3.8, 4) is 0 Å². The number of carbonyl (C=O) groups excluding carboxylic acids is 1. The number of ether oxygens (including phenoxy) is 1. The van der Waals surface area contributed by atoms with Crippen LogP contribution in [0.5, 0.6) is 0 Å². The van der Waals surface area contributed by atoms with Crippen LogP contribution in [0.4, 0.5) is 0 Å². The lowest BCUT2D eigenvalue weighted by molar-refractivity contribution is -0.977. The van der Waals surface area contributed by atoms with Crippen molar-refractivity contribution in [2.45, 2.75) is 253 Å². The quantitative estimate of drug-likeness (QED) is 0.0275. The molecule has 0 aromatic carbocycles. The molecule has 0 aliphatic carbocycles. The predicted octanol–water partition coefficient (Wildman–Crippen LogP) is 15.5. The molecule has 0 heterocycles. The minimum Gasteiger partial charge on any atom is -0.463 e. The van der Waals surface area contributed by atoms with Crippen LogP contribution in [-0.2, 0) is 9.53 Å². The van der Waals surface area contributed by atoms with Crippen molar-refractivity contribution in [1.29, 1.82) is 0 Å². The van der Waals surface area contributed by atoms with Crippen molar-refractivity contribution >= 4 is 5.97 Å². The monoisotopic (exact) mass is 705 g/mol. The van der Waals surface area contributed by atoms with E-state index in [1.165, 1.54) is 229 Å². The van der Waals surface area contributed by atoms with E-state index in [0.29, 0.717) is 12.5 Å². The molecule has 0 aromatic rings. The second kappa shape index (κ2) is 35.2. The van der Waals surface area contributed by atoms with Crippen LogP contribution in [0, 0.1) is 5.92 Å². The van der Waals surface area contributed by atoms with Gasteiger partial charge in [0, 0.05) is 12.0 Å². The number of unbranched alkanes of at least 4 members (excludes halogenated alkanes) is 26. The fourth-order valence-electron chi connectivity index (χ4n) is 8.61. The molecule has 0 radical (unpaired) electrons. The zero-order chi connectivity index (χ0) is 37.0. The third kappa shape index (κ3) is 25.2. The zero-order valence-corrected chi connectivity index (χ0v) is 35.6. The lowest BCUT2D eigenvalue weighted by atomic mass is 9.77. The number of esters is 1. The summed E-state index contributed by atoms with van der Waals surface area (Å²) in [5.74, 6) is 0.294. The molecule has 0 saturated heterocycles. The van der Waals surface area contributed by atoms with E-state index in [-0.39, 0.29) is 11.5 Å². The molecular formula is C47H94NO2+. The molecule has 0 aliphatic heterocycles. The maximum Gasteiger partial charge on any atom is 0.330 e. The summed E-state index contributed by atoms with van der Waals surface area (Å²) in [6.07, 6.45) is 45.0. The van der Waals surface area contributed by atoms with E-state index in [0.717, 1.165) is 6.42 Å². The van der Waals surface area contributed by atoms with Gasteiger partial charge in [0.1, 0.15) is 0 Å². The summed E-state index contributed by atoms with van der Waals surface area (Å²) in [6, 6.07) is 0. The van der Waals surface area contributed by atoms with Gasteiger partial charge in [-0.3, -0.25) is 0 Å². The highest BCUT2D eigenvalue weighted by atomic mass is 16.5. The van der Waals surface area contributed by atoms with Crippen molar-refractivity contribution in [2.24, 2.45) is 5.92 Å². The summed E-state index contributed by atoms with van der Waals surface area (Å²) in [5.41, 5.74) is 0.160. The molecule has 50 heavy (non-hydrogen) atoms. The Morgan fingerprint density at radius 3 is 1.12 bits per heavy atom. The molecule has 0 aromatic heterocycles. The third-order valence-electron chi connectivity index (χ3n) is 12.3. The largest absolute Gasteiger partial charge is 0.463 e. The maximum atomic E-state index is 12.1. The summed E-state index contributed by atoms with van der Waals surface area (Å²) in [6.45, 7) is 22.7. The average molecular weight is 705 g/mol. The predicted molar refractivity (Wildman–Crippen MR) is 224 cm³/mol. The van der Waals surface area contributed by atoms with Crippen LogP contribution in [0.15, 0.2) is 12.7 Å². The van der Waals surface area contributed by atoms with Gasteiger partial charge in [0.15, 0.2) is 0 Å². The molecule has 0 aliphatic rings. The lowest BCUT2D eigenvalue weighted by Gasteiger charge is -2.54. The smallest absolute Gasteiger partial charge is 0.330 e. The number of hydrogen-bond donors (Lipinski definition) is 0. The molecule has 298 valence electrons. The summed E-state index contributed by atoms with van der Waals surface area (Å²) < 4.78 is 6.97. The first-order valence-corrected chi connectivity index (χ1v) is 23.0. The van der Waals surface area contributed by atoms with E-state index < -0.39 is 0 Å². The highest BCUT2D eigenvalue weighted by molar-refractivity contribution is 5.81. The Kier molecular flexibility index (Phi) is 34.6. The molecule has 1 unspecified atom stereocenters. The van der Waals surface area contributed by atoms with Crippen molar-refractivity contribution < 1.29 is 14.0 Å². The lowest BCUT2D eigenvalue weighted by Crippen LogP contribution is -2.66. The standard InChI is InChI=1S/C47H94NO2/c1-8-13-17-21-25-28-32-36-41-48(42-37-33-29-26-22-18-14-9-2,43-38-34-30-27-23-19-15-10-3)47(6,7)45(40-44-50-46(49)12-5)39-35-31-24-20-16-11-4/h12,45H,5,8-11,13-44H2,1-4,6-7H3/q+1. The van der Waals surface area contributed by atoms with E-state index in [9.17, 15) is 4.79 Å².